The van der Waals surface area contributed by atoms with E-state index < -0.39 is 0 Å². The van der Waals surface area contributed by atoms with Crippen molar-refractivity contribution in [3.63, 3.8) is 0 Å². The van der Waals surface area contributed by atoms with Crippen LogP contribution in [0, 0.1) is 12.7 Å². The number of hydrogen-bond acceptors (Lipinski definition) is 5. The summed E-state index contributed by atoms with van der Waals surface area (Å²) in [5.41, 5.74) is 0.431. The quantitative estimate of drug-likeness (QED) is 0.870. The van der Waals surface area contributed by atoms with E-state index in [9.17, 15) is 4.39 Å². The van der Waals surface area contributed by atoms with Crippen molar-refractivity contribution in [3.8, 4) is 0 Å². The third-order valence-corrected chi connectivity index (χ3v) is 3.67. The largest absolute Gasteiger partial charge is 0.464 e. The van der Waals surface area contributed by atoms with E-state index in [2.05, 4.69) is 9.97 Å². The number of nitrogens with zero attached hydrogens (tertiary/aromatic N) is 3. The van der Waals surface area contributed by atoms with Gasteiger partial charge in [0.2, 0.25) is 0 Å². The molecule has 0 amide bonds. The number of hydrogen-bond donors (Lipinski definition) is 0. The second-order valence-corrected chi connectivity index (χ2v) is 5.04. The fourth-order valence-electron chi connectivity index (χ4n) is 2.57. The molecule has 6 heteroatoms. The highest BCUT2D eigenvalue weighted by molar-refractivity contribution is 5.44. The molecule has 1 aliphatic rings. The Balaban J connectivity index is 1.98. The lowest BCUT2D eigenvalue weighted by atomic mass is 10.1. The Hall–Kier alpha value is -1.95. The average Bonchev–Trinajstić information content (AvgIpc) is 2.94. The average molecular weight is 291 g/mol. The lowest BCUT2D eigenvalue weighted by molar-refractivity contribution is 0.0865. The molecule has 2 aromatic rings. The van der Waals surface area contributed by atoms with Crippen LogP contribution in [0.15, 0.2) is 22.9 Å². The van der Waals surface area contributed by atoms with Gasteiger partial charge >= 0.3 is 0 Å². The molecule has 1 unspecified atom stereocenters. The van der Waals surface area contributed by atoms with Gasteiger partial charge in [0.1, 0.15) is 23.9 Å². The SMILES string of the molecule is CCc1ncnc(N2CCOCC2c2ccc(C)o2)c1F. The van der Waals surface area contributed by atoms with E-state index >= 15 is 0 Å². The van der Waals surface area contributed by atoms with Gasteiger partial charge in [-0.3, -0.25) is 0 Å². The van der Waals surface area contributed by atoms with Gasteiger partial charge < -0.3 is 14.1 Å². The molecule has 112 valence electrons. The summed E-state index contributed by atoms with van der Waals surface area (Å²) >= 11 is 0. The lowest BCUT2D eigenvalue weighted by Gasteiger charge is -2.35. The first-order valence-electron chi connectivity index (χ1n) is 7.10. The summed E-state index contributed by atoms with van der Waals surface area (Å²) in [4.78, 5) is 10.0. The molecule has 1 saturated heterocycles. The molecule has 0 N–H and O–H groups in total. The predicted molar refractivity (Wildman–Crippen MR) is 75.7 cm³/mol. The van der Waals surface area contributed by atoms with Gasteiger partial charge in [-0.05, 0) is 25.5 Å². The first kappa shape index (κ1) is 14.0. The smallest absolute Gasteiger partial charge is 0.187 e. The van der Waals surface area contributed by atoms with Crippen LogP contribution in [0.1, 0.15) is 30.2 Å². The summed E-state index contributed by atoms with van der Waals surface area (Å²) in [6.45, 7) is 5.33. The Morgan fingerprint density at radius 2 is 2.24 bits per heavy atom. The molecule has 0 spiro atoms. The van der Waals surface area contributed by atoms with Crippen molar-refractivity contribution in [1.29, 1.82) is 0 Å². The summed E-state index contributed by atoms with van der Waals surface area (Å²) in [7, 11) is 0. The number of aromatic nitrogens is 2. The second-order valence-electron chi connectivity index (χ2n) is 5.04. The topological polar surface area (TPSA) is 51.4 Å². The Kier molecular flexibility index (Phi) is 3.88. The second kappa shape index (κ2) is 5.81. The fraction of sp³-hybridized carbons (Fsp3) is 0.467. The molecule has 0 bridgehead atoms. The van der Waals surface area contributed by atoms with Crippen LogP contribution in [0.2, 0.25) is 0 Å². The van der Waals surface area contributed by atoms with Crippen molar-refractivity contribution < 1.29 is 13.5 Å². The van der Waals surface area contributed by atoms with E-state index in [1.54, 1.807) is 0 Å². The van der Waals surface area contributed by atoms with Crippen LogP contribution >= 0.6 is 0 Å². The van der Waals surface area contributed by atoms with E-state index in [1.807, 2.05) is 30.9 Å². The lowest BCUT2D eigenvalue weighted by Crippen LogP contribution is -2.40. The Bertz CT molecular complexity index is 629. The highest BCUT2D eigenvalue weighted by atomic mass is 19.1. The molecule has 1 aliphatic heterocycles. The minimum Gasteiger partial charge on any atom is -0.464 e. The maximum absolute atomic E-state index is 14.5. The van der Waals surface area contributed by atoms with E-state index in [1.165, 1.54) is 6.33 Å². The molecule has 3 rings (SSSR count). The minimum absolute atomic E-state index is 0.165. The van der Waals surface area contributed by atoms with E-state index in [0.29, 0.717) is 37.7 Å². The van der Waals surface area contributed by atoms with Crippen LogP contribution < -0.4 is 4.90 Å². The maximum atomic E-state index is 14.5. The molecule has 2 aromatic heterocycles. The third-order valence-electron chi connectivity index (χ3n) is 3.67. The van der Waals surface area contributed by atoms with Crippen LogP contribution in [-0.2, 0) is 11.2 Å². The molecule has 0 saturated carbocycles. The molecule has 0 aliphatic carbocycles. The van der Waals surface area contributed by atoms with Crippen LogP contribution in [0.4, 0.5) is 10.2 Å². The summed E-state index contributed by atoms with van der Waals surface area (Å²) in [6.07, 6.45) is 1.95. The number of aryl methyl sites for hydroxylation is 2. The standard InChI is InChI=1S/C15H18FN3O2/c1-3-11-14(16)15(18-9-17-11)19-6-7-20-8-12(19)13-5-4-10(2)21-13/h4-5,9,12H,3,6-8H2,1-2H3. The Morgan fingerprint density at radius 1 is 1.38 bits per heavy atom. The fourth-order valence-corrected chi connectivity index (χ4v) is 2.57. The first-order chi connectivity index (χ1) is 10.2. The number of ether oxygens (including phenoxy) is 1. The molecule has 0 aromatic carbocycles. The van der Waals surface area contributed by atoms with Gasteiger partial charge in [-0.25, -0.2) is 14.4 Å². The van der Waals surface area contributed by atoms with Gasteiger partial charge in [0, 0.05) is 6.54 Å². The number of morpholine rings is 1. The summed E-state index contributed by atoms with van der Waals surface area (Å²) in [5.74, 6) is 1.57. The van der Waals surface area contributed by atoms with Crippen LogP contribution in [-0.4, -0.2) is 29.7 Å². The molecule has 0 radical (unpaired) electrons. The van der Waals surface area contributed by atoms with Crippen molar-refractivity contribution in [3.05, 3.63) is 41.5 Å². The zero-order chi connectivity index (χ0) is 14.8. The normalized spacial score (nSPS) is 19.0. The minimum atomic E-state index is -0.352. The van der Waals surface area contributed by atoms with Gasteiger partial charge in [0.05, 0.1) is 18.9 Å². The molecule has 3 heterocycles. The Labute approximate surface area is 122 Å². The van der Waals surface area contributed by atoms with Crippen molar-refractivity contribution in [2.45, 2.75) is 26.3 Å². The van der Waals surface area contributed by atoms with E-state index in [0.717, 1.165) is 11.5 Å². The number of furan rings is 1. The van der Waals surface area contributed by atoms with E-state index in [4.69, 9.17) is 9.15 Å². The summed E-state index contributed by atoms with van der Waals surface area (Å²) in [5, 5.41) is 0. The van der Waals surface area contributed by atoms with Crippen LogP contribution in [0.5, 0.6) is 0 Å². The van der Waals surface area contributed by atoms with Crippen LogP contribution in [0.3, 0.4) is 0 Å². The number of anilines is 1. The van der Waals surface area contributed by atoms with Crippen molar-refractivity contribution >= 4 is 5.82 Å². The molecule has 21 heavy (non-hydrogen) atoms. The number of halogens is 1. The monoisotopic (exact) mass is 291 g/mol. The highest BCUT2D eigenvalue weighted by Crippen LogP contribution is 2.31. The predicted octanol–water partition coefficient (Wildman–Crippen LogP) is 2.66. The van der Waals surface area contributed by atoms with Gasteiger partial charge in [-0.15, -0.1) is 0 Å². The maximum Gasteiger partial charge on any atom is 0.187 e. The number of rotatable bonds is 3. The zero-order valence-electron chi connectivity index (χ0n) is 12.2. The van der Waals surface area contributed by atoms with Gasteiger partial charge in [-0.2, -0.15) is 0 Å². The molecule has 5 nitrogen and oxygen atoms in total. The molecular weight excluding hydrogens is 273 g/mol. The van der Waals surface area contributed by atoms with E-state index in [-0.39, 0.29) is 11.9 Å². The summed E-state index contributed by atoms with van der Waals surface area (Å²) < 4.78 is 25.7. The summed E-state index contributed by atoms with van der Waals surface area (Å²) in [6, 6.07) is 3.64. The van der Waals surface area contributed by atoms with Gasteiger partial charge in [-0.1, -0.05) is 6.92 Å². The third kappa shape index (κ3) is 2.63. The molecule has 1 fully saturated rings. The molecular formula is C15H18FN3O2. The first-order valence-corrected chi connectivity index (χ1v) is 7.10. The zero-order valence-corrected chi connectivity index (χ0v) is 12.2. The van der Waals surface area contributed by atoms with Crippen LogP contribution in [0.25, 0.3) is 0 Å². The highest BCUT2D eigenvalue weighted by Gasteiger charge is 2.30. The Morgan fingerprint density at radius 3 is 2.95 bits per heavy atom. The van der Waals surface area contributed by atoms with Crippen molar-refractivity contribution in [2.75, 3.05) is 24.7 Å². The van der Waals surface area contributed by atoms with Gasteiger partial charge in [0.25, 0.3) is 0 Å². The van der Waals surface area contributed by atoms with Crippen molar-refractivity contribution in [1.82, 2.24) is 9.97 Å². The van der Waals surface area contributed by atoms with Crippen molar-refractivity contribution in [2.24, 2.45) is 0 Å². The molecule has 1 atom stereocenters. The van der Waals surface area contributed by atoms with Gasteiger partial charge in [0.15, 0.2) is 11.6 Å².